The van der Waals surface area contributed by atoms with E-state index >= 15 is 0 Å². The van der Waals surface area contributed by atoms with Crippen molar-refractivity contribution in [1.82, 2.24) is 5.32 Å². The number of nitrogens with zero attached hydrogens (tertiary/aromatic N) is 1. The van der Waals surface area contributed by atoms with Gasteiger partial charge in [-0.3, -0.25) is 9.10 Å². The predicted octanol–water partition coefficient (Wildman–Crippen LogP) is 2.71. The number of rotatable bonds is 10. The molecule has 28 heavy (non-hydrogen) atoms. The van der Waals surface area contributed by atoms with Crippen molar-refractivity contribution in [2.45, 2.75) is 57.7 Å². The van der Waals surface area contributed by atoms with Crippen LogP contribution in [0.25, 0.3) is 0 Å². The lowest BCUT2D eigenvalue weighted by molar-refractivity contribution is -0.127. The summed E-state index contributed by atoms with van der Waals surface area (Å²) in [6.07, 6.45) is 7.78. The first-order valence-electron chi connectivity index (χ1n) is 9.87. The van der Waals surface area contributed by atoms with Crippen LogP contribution in [-0.4, -0.2) is 53.0 Å². The molecular formula is C20H32N2O5S. The van der Waals surface area contributed by atoms with Gasteiger partial charge in [0.25, 0.3) is 5.91 Å². The molecule has 1 amide bonds. The zero-order valence-electron chi connectivity index (χ0n) is 17.0. The van der Waals surface area contributed by atoms with E-state index in [1.54, 1.807) is 31.2 Å². The Morgan fingerprint density at radius 2 is 1.86 bits per heavy atom. The minimum Gasteiger partial charge on any atom is -0.481 e. The predicted molar refractivity (Wildman–Crippen MR) is 110 cm³/mol. The Bertz CT molecular complexity index is 715. The molecule has 1 aromatic rings. The molecule has 8 heteroatoms. The Balaban J connectivity index is 1.68. The van der Waals surface area contributed by atoms with E-state index in [1.807, 2.05) is 0 Å². The van der Waals surface area contributed by atoms with E-state index in [2.05, 4.69) is 5.32 Å². The second-order valence-electron chi connectivity index (χ2n) is 7.26. The second-order valence-corrected chi connectivity index (χ2v) is 9.27. The Labute approximate surface area is 168 Å². The monoisotopic (exact) mass is 412 g/mol. The number of hydrogen-bond donors (Lipinski definition) is 1. The van der Waals surface area contributed by atoms with Crippen LogP contribution in [0.1, 0.15) is 45.4 Å². The summed E-state index contributed by atoms with van der Waals surface area (Å²) < 4.78 is 35.8. The molecule has 0 heterocycles. The number of ether oxygens (including phenoxy) is 2. The highest BCUT2D eigenvalue weighted by atomic mass is 32.2. The summed E-state index contributed by atoms with van der Waals surface area (Å²) in [5.74, 6) is 0.323. The second kappa shape index (κ2) is 10.7. The summed E-state index contributed by atoms with van der Waals surface area (Å²) in [5, 5.41) is 2.86. The van der Waals surface area contributed by atoms with E-state index in [0.717, 1.165) is 25.5 Å². The van der Waals surface area contributed by atoms with Crippen LogP contribution in [0, 0.1) is 0 Å². The van der Waals surface area contributed by atoms with Crippen molar-refractivity contribution in [2.24, 2.45) is 0 Å². The van der Waals surface area contributed by atoms with Crippen molar-refractivity contribution < 1.29 is 22.7 Å². The van der Waals surface area contributed by atoms with Crippen molar-refractivity contribution in [1.29, 1.82) is 0 Å². The van der Waals surface area contributed by atoms with Crippen LogP contribution in [0.5, 0.6) is 5.75 Å². The summed E-state index contributed by atoms with van der Waals surface area (Å²) in [5.41, 5.74) is 0.532. The molecule has 1 saturated carbocycles. The van der Waals surface area contributed by atoms with Crippen molar-refractivity contribution in [3.8, 4) is 5.75 Å². The molecule has 0 aliphatic heterocycles. The lowest BCUT2D eigenvalue weighted by Crippen LogP contribution is -2.37. The van der Waals surface area contributed by atoms with Gasteiger partial charge in [0.05, 0.1) is 18.0 Å². The standard InChI is InChI=1S/C20H32N2O5S/c1-16(20(23)21-14-7-15-26-18-8-5-4-6-9-18)27-19-12-10-17(11-13-19)22(2)28(3,24)25/h10-13,16,18H,4-9,14-15H2,1-3H3,(H,21,23). The summed E-state index contributed by atoms with van der Waals surface area (Å²) in [6.45, 7) is 2.90. The van der Waals surface area contributed by atoms with E-state index < -0.39 is 16.1 Å². The Morgan fingerprint density at radius 1 is 1.21 bits per heavy atom. The van der Waals surface area contributed by atoms with Gasteiger partial charge in [-0.1, -0.05) is 19.3 Å². The van der Waals surface area contributed by atoms with Gasteiger partial charge in [-0.05, 0) is 50.5 Å². The van der Waals surface area contributed by atoms with Gasteiger partial charge in [0.15, 0.2) is 6.10 Å². The Hall–Kier alpha value is -1.80. The average molecular weight is 413 g/mol. The highest BCUT2D eigenvalue weighted by Gasteiger charge is 2.16. The van der Waals surface area contributed by atoms with Gasteiger partial charge in [-0.15, -0.1) is 0 Å². The van der Waals surface area contributed by atoms with Crippen molar-refractivity contribution >= 4 is 21.6 Å². The molecule has 0 bridgehead atoms. The first kappa shape index (κ1) is 22.5. The van der Waals surface area contributed by atoms with Crippen LogP contribution in [0.2, 0.25) is 0 Å². The minimum absolute atomic E-state index is 0.185. The van der Waals surface area contributed by atoms with Gasteiger partial charge >= 0.3 is 0 Å². The first-order chi connectivity index (χ1) is 13.3. The third-order valence-corrected chi connectivity index (χ3v) is 6.11. The fourth-order valence-corrected chi connectivity index (χ4v) is 3.60. The van der Waals surface area contributed by atoms with E-state index in [4.69, 9.17) is 9.47 Å². The molecule has 0 aromatic heterocycles. The number of anilines is 1. The highest BCUT2D eigenvalue weighted by Crippen LogP contribution is 2.21. The molecule has 0 saturated heterocycles. The van der Waals surface area contributed by atoms with Gasteiger partial charge in [0.1, 0.15) is 5.75 Å². The smallest absolute Gasteiger partial charge is 0.260 e. The van der Waals surface area contributed by atoms with E-state index in [0.29, 0.717) is 30.7 Å². The largest absolute Gasteiger partial charge is 0.481 e. The maximum atomic E-state index is 12.2. The molecule has 1 atom stereocenters. The van der Waals surface area contributed by atoms with Gasteiger partial charge in [-0.2, -0.15) is 0 Å². The number of carbonyl (C=O) groups is 1. The lowest BCUT2D eigenvalue weighted by Gasteiger charge is -2.22. The molecule has 1 fully saturated rings. The third-order valence-electron chi connectivity index (χ3n) is 4.91. The number of nitrogens with one attached hydrogen (secondary N) is 1. The lowest BCUT2D eigenvalue weighted by atomic mass is 9.98. The Morgan fingerprint density at radius 3 is 2.46 bits per heavy atom. The summed E-state index contributed by atoms with van der Waals surface area (Å²) in [7, 11) is -1.82. The molecule has 1 aromatic carbocycles. The van der Waals surface area contributed by atoms with Gasteiger partial charge in [-0.25, -0.2) is 8.42 Å². The fourth-order valence-electron chi connectivity index (χ4n) is 3.09. The molecular weight excluding hydrogens is 380 g/mol. The highest BCUT2D eigenvalue weighted by molar-refractivity contribution is 7.92. The molecule has 1 aliphatic carbocycles. The van der Waals surface area contributed by atoms with E-state index in [9.17, 15) is 13.2 Å². The molecule has 2 rings (SSSR count). The molecule has 1 N–H and O–H groups in total. The topological polar surface area (TPSA) is 84.9 Å². The van der Waals surface area contributed by atoms with Crippen molar-refractivity contribution in [3.63, 3.8) is 0 Å². The van der Waals surface area contributed by atoms with Crippen LogP contribution in [0.15, 0.2) is 24.3 Å². The van der Waals surface area contributed by atoms with Gasteiger partial charge < -0.3 is 14.8 Å². The van der Waals surface area contributed by atoms with E-state index in [-0.39, 0.29) is 5.91 Å². The molecule has 1 aliphatic rings. The van der Waals surface area contributed by atoms with Crippen molar-refractivity contribution in [3.05, 3.63) is 24.3 Å². The first-order valence-corrected chi connectivity index (χ1v) is 11.7. The molecule has 0 spiro atoms. The summed E-state index contributed by atoms with van der Waals surface area (Å²) >= 11 is 0. The molecule has 1 unspecified atom stereocenters. The summed E-state index contributed by atoms with van der Waals surface area (Å²) in [6, 6.07) is 6.59. The average Bonchev–Trinajstić information content (AvgIpc) is 2.67. The van der Waals surface area contributed by atoms with Crippen LogP contribution in [0.3, 0.4) is 0 Å². The van der Waals surface area contributed by atoms with E-state index in [1.165, 1.54) is 30.6 Å². The van der Waals surface area contributed by atoms with Gasteiger partial charge in [0, 0.05) is 20.2 Å². The zero-order chi connectivity index (χ0) is 20.6. The normalized spacial score (nSPS) is 16.4. The minimum atomic E-state index is -3.31. The number of amides is 1. The number of sulfonamides is 1. The number of benzene rings is 1. The van der Waals surface area contributed by atoms with Crippen LogP contribution in [-0.2, 0) is 19.6 Å². The van der Waals surface area contributed by atoms with Crippen molar-refractivity contribution in [2.75, 3.05) is 30.8 Å². The number of hydrogen-bond acceptors (Lipinski definition) is 5. The molecule has 158 valence electrons. The fraction of sp³-hybridized carbons (Fsp3) is 0.650. The maximum Gasteiger partial charge on any atom is 0.260 e. The van der Waals surface area contributed by atoms with Crippen LogP contribution < -0.4 is 14.4 Å². The van der Waals surface area contributed by atoms with Crippen LogP contribution >= 0.6 is 0 Å². The SMILES string of the molecule is CC(Oc1ccc(N(C)S(C)(=O)=O)cc1)C(=O)NCCCOC1CCCCC1. The third kappa shape index (κ3) is 7.31. The number of carbonyl (C=O) groups excluding carboxylic acids is 1. The van der Waals surface area contributed by atoms with Gasteiger partial charge in [0.2, 0.25) is 10.0 Å². The maximum absolute atomic E-state index is 12.2. The zero-order valence-corrected chi connectivity index (χ0v) is 17.8. The van der Waals surface area contributed by atoms with Crippen LogP contribution in [0.4, 0.5) is 5.69 Å². The quantitative estimate of drug-likeness (QED) is 0.597. The Kier molecular flexibility index (Phi) is 8.57. The summed E-state index contributed by atoms with van der Waals surface area (Å²) in [4.78, 5) is 12.2. The molecule has 0 radical (unpaired) electrons. The molecule has 7 nitrogen and oxygen atoms in total.